The standard InChI is InChI=1S/C19H13ClN4/c1-21-18-16(13-9-5-6-10-15(13)20)14-11-22-24-19(14)23-17(18)12-7-3-2-4-8-12/h2-11,16H,(H2,22,23,24). The lowest BCUT2D eigenvalue weighted by Gasteiger charge is -2.27. The summed E-state index contributed by atoms with van der Waals surface area (Å²) in [6.07, 6.45) is 1.75. The molecule has 2 N–H and O–H groups in total. The summed E-state index contributed by atoms with van der Waals surface area (Å²) in [6.45, 7) is 7.78. The van der Waals surface area contributed by atoms with Crippen molar-refractivity contribution in [3.8, 4) is 0 Å². The van der Waals surface area contributed by atoms with Gasteiger partial charge in [-0.15, -0.1) is 0 Å². The molecule has 0 aliphatic carbocycles. The Morgan fingerprint density at radius 2 is 1.75 bits per heavy atom. The van der Waals surface area contributed by atoms with Gasteiger partial charge in [0.05, 0.1) is 18.7 Å². The normalized spacial score (nSPS) is 16.2. The summed E-state index contributed by atoms with van der Waals surface area (Å²) in [5.41, 5.74) is 4.19. The van der Waals surface area contributed by atoms with Crippen LogP contribution in [0.1, 0.15) is 22.6 Å². The van der Waals surface area contributed by atoms with E-state index in [-0.39, 0.29) is 5.92 Å². The van der Waals surface area contributed by atoms with E-state index in [1.807, 2.05) is 54.6 Å². The Bertz CT molecular complexity index is 966. The maximum atomic E-state index is 7.78. The summed E-state index contributed by atoms with van der Waals surface area (Å²) in [5, 5.41) is 11.1. The number of nitrogens with one attached hydrogen (secondary N) is 2. The van der Waals surface area contributed by atoms with E-state index in [2.05, 4.69) is 20.4 Å². The van der Waals surface area contributed by atoms with Gasteiger partial charge in [0.25, 0.3) is 0 Å². The van der Waals surface area contributed by atoms with Crippen molar-refractivity contribution < 1.29 is 0 Å². The number of halogens is 1. The summed E-state index contributed by atoms with van der Waals surface area (Å²) in [4.78, 5) is 3.85. The number of H-pyrrole nitrogens is 1. The second-order valence-corrected chi connectivity index (χ2v) is 5.93. The van der Waals surface area contributed by atoms with Gasteiger partial charge in [0.15, 0.2) is 0 Å². The summed E-state index contributed by atoms with van der Waals surface area (Å²) < 4.78 is 0. The summed E-state index contributed by atoms with van der Waals surface area (Å²) in [7, 11) is 0. The predicted molar refractivity (Wildman–Crippen MR) is 95.5 cm³/mol. The van der Waals surface area contributed by atoms with Crippen LogP contribution in [0.25, 0.3) is 10.5 Å². The largest absolute Gasteiger partial charge is 0.349 e. The smallest absolute Gasteiger partial charge is 0.200 e. The van der Waals surface area contributed by atoms with E-state index >= 15 is 0 Å². The van der Waals surface area contributed by atoms with Crippen molar-refractivity contribution >= 4 is 23.1 Å². The van der Waals surface area contributed by atoms with Crippen LogP contribution < -0.4 is 5.32 Å². The highest BCUT2D eigenvalue weighted by atomic mass is 35.5. The maximum Gasteiger partial charge on any atom is 0.200 e. The van der Waals surface area contributed by atoms with Crippen molar-refractivity contribution in [2.45, 2.75) is 5.92 Å². The zero-order valence-corrected chi connectivity index (χ0v) is 13.4. The minimum absolute atomic E-state index is 0.249. The first-order valence-electron chi connectivity index (χ1n) is 7.51. The van der Waals surface area contributed by atoms with Crippen LogP contribution >= 0.6 is 11.6 Å². The van der Waals surface area contributed by atoms with Gasteiger partial charge < -0.3 is 5.32 Å². The molecule has 0 radical (unpaired) electrons. The quantitative estimate of drug-likeness (QED) is 0.655. The Labute approximate surface area is 144 Å². The highest BCUT2D eigenvalue weighted by molar-refractivity contribution is 6.31. The van der Waals surface area contributed by atoms with E-state index in [0.29, 0.717) is 10.7 Å². The molecule has 4 rings (SSSR count). The first-order valence-corrected chi connectivity index (χ1v) is 7.89. The number of allylic oxidation sites excluding steroid dienone is 1. The molecule has 1 aliphatic rings. The maximum absolute atomic E-state index is 7.78. The Kier molecular flexibility index (Phi) is 3.56. The van der Waals surface area contributed by atoms with E-state index in [9.17, 15) is 0 Å². The third-order valence-electron chi connectivity index (χ3n) is 4.16. The fraction of sp³-hybridized carbons (Fsp3) is 0.0526. The number of hydrogen-bond acceptors (Lipinski definition) is 2. The Morgan fingerprint density at radius 1 is 1.00 bits per heavy atom. The zero-order chi connectivity index (χ0) is 16.5. The summed E-state index contributed by atoms with van der Waals surface area (Å²) in [6, 6.07) is 17.5. The molecule has 116 valence electrons. The van der Waals surface area contributed by atoms with Crippen LogP contribution in [-0.4, -0.2) is 10.2 Å². The van der Waals surface area contributed by atoms with Gasteiger partial charge in [0, 0.05) is 16.3 Å². The van der Waals surface area contributed by atoms with Gasteiger partial charge in [-0.1, -0.05) is 60.1 Å². The average molecular weight is 333 g/mol. The number of aromatic nitrogens is 2. The molecule has 1 aliphatic heterocycles. The number of benzene rings is 2. The molecule has 4 nitrogen and oxygen atoms in total. The molecular formula is C19H13ClN4. The summed E-state index contributed by atoms with van der Waals surface area (Å²) in [5.74, 6) is 0.549. The second-order valence-electron chi connectivity index (χ2n) is 5.52. The third kappa shape index (κ3) is 2.27. The van der Waals surface area contributed by atoms with Gasteiger partial charge in [-0.3, -0.25) is 5.10 Å². The number of nitrogens with zero attached hydrogens (tertiary/aromatic N) is 2. The number of hydrogen-bond donors (Lipinski definition) is 2. The molecule has 3 aromatic rings. The first kappa shape index (κ1) is 14.6. The fourth-order valence-corrected chi connectivity index (χ4v) is 3.31. The SMILES string of the molecule is [C-]#[N+]C1=C(c2ccccc2)Nc2[nH]ncc2C1c1ccccc1Cl. The van der Waals surface area contributed by atoms with Gasteiger partial charge in [-0.05, 0) is 17.2 Å². The van der Waals surface area contributed by atoms with Crippen molar-refractivity contribution in [1.29, 1.82) is 0 Å². The molecule has 0 spiro atoms. The van der Waals surface area contributed by atoms with Crippen LogP contribution in [0.15, 0.2) is 66.5 Å². The van der Waals surface area contributed by atoms with E-state index in [1.54, 1.807) is 6.20 Å². The van der Waals surface area contributed by atoms with Crippen LogP contribution in [0.5, 0.6) is 0 Å². The van der Waals surface area contributed by atoms with Crippen LogP contribution in [0.4, 0.5) is 5.82 Å². The monoisotopic (exact) mass is 332 g/mol. The van der Waals surface area contributed by atoms with Gasteiger partial charge in [0.1, 0.15) is 5.82 Å². The van der Waals surface area contributed by atoms with Crippen molar-refractivity contribution in [2.24, 2.45) is 0 Å². The molecule has 0 bridgehead atoms. The topological polar surface area (TPSA) is 45.1 Å². The Hall–Kier alpha value is -3.03. The first-order chi connectivity index (χ1) is 11.8. The molecule has 5 heteroatoms. The fourth-order valence-electron chi connectivity index (χ4n) is 3.06. The van der Waals surface area contributed by atoms with Crippen molar-refractivity contribution in [3.05, 3.63) is 99.6 Å². The van der Waals surface area contributed by atoms with Crippen molar-refractivity contribution in [2.75, 3.05) is 5.32 Å². The molecule has 0 saturated carbocycles. The van der Waals surface area contributed by atoms with Gasteiger partial charge in [0.2, 0.25) is 5.70 Å². The van der Waals surface area contributed by atoms with E-state index in [1.165, 1.54) is 0 Å². The molecule has 1 aromatic heterocycles. The van der Waals surface area contributed by atoms with E-state index in [4.69, 9.17) is 18.2 Å². The summed E-state index contributed by atoms with van der Waals surface area (Å²) >= 11 is 6.43. The van der Waals surface area contributed by atoms with E-state index in [0.717, 1.165) is 28.2 Å². The van der Waals surface area contributed by atoms with Crippen LogP contribution in [0.2, 0.25) is 5.02 Å². The van der Waals surface area contributed by atoms with Crippen LogP contribution in [0, 0.1) is 6.57 Å². The molecule has 24 heavy (non-hydrogen) atoms. The molecule has 1 atom stereocenters. The van der Waals surface area contributed by atoms with Crippen LogP contribution in [-0.2, 0) is 0 Å². The van der Waals surface area contributed by atoms with E-state index < -0.39 is 0 Å². The zero-order valence-electron chi connectivity index (χ0n) is 12.6. The lowest BCUT2D eigenvalue weighted by molar-refractivity contribution is 0.966. The van der Waals surface area contributed by atoms with Gasteiger partial charge in [-0.25, -0.2) is 4.85 Å². The molecule has 0 amide bonds. The number of anilines is 1. The Balaban J connectivity index is 1.98. The van der Waals surface area contributed by atoms with Gasteiger partial charge in [-0.2, -0.15) is 5.10 Å². The average Bonchev–Trinajstić information content (AvgIpc) is 3.10. The second kappa shape index (κ2) is 5.88. The molecular weight excluding hydrogens is 320 g/mol. The number of fused-ring (bicyclic) bond motifs is 1. The van der Waals surface area contributed by atoms with Gasteiger partial charge >= 0.3 is 0 Å². The van der Waals surface area contributed by atoms with Crippen molar-refractivity contribution in [1.82, 2.24) is 10.2 Å². The lowest BCUT2D eigenvalue weighted by Crippen LogP contribution is -2.16. The third-order valence-corrected chi connectivity index (χ3v) is 4.50. The predicted octanol–water partition coefficient (Wildman–Crippen LogP) is 4.91. The molecule has 0 saturated heterocycles. The number of rotatable bonds is 2. The minimum atomic E-state index is -0.249. The lowest BCUT2D eigenvalue weighted by atomic mass is 9.85. The van der Waals surface area contributed by atoms with Crippen LogP contribution in [0.3, 0.4) is 0 Å². The minimum Gasteiger partial charge on any atom is -0.349 e. The highest BCUT2D eigenvalue weighted by Gasteiger charge is 2.33. The molecule has 1 unspecified atom stereocenters. The molecule has 2 aromatic carbocycles. The van der Waals surface area contributed by atoms with Crippen molar-refractivity contribution in [3.63, 3.8) is 0 Å². The molecule has 2 heterocycles. The Morgan fingerprint density at radius 3 is 2.50 bits per heavy atom. The number of aromatic amines is 1. The highest BCUT2D eigenvalue weighted by Crippen LogP contribution is 2.45. The molecule has 0 fully saturated rings.